The second-order valence-electron chi connectivity index (χ2n) is 8.70. The van der Waals surface area contributed by atoms with E-state index in [0.29, 0.717) is 17.0 Å². The Kier molecular flexibility index (Phi) is 6.42. The Balaban J connectivity index is 1.52. The minimum Gasteiger partial charge on any atom is -0.504 e. The van der Waals surface area contributed by atoms with Crippen molar-refractivity contribution in [3.8, 4) is 40.4 Å². The van der Waals surface area contributed by atoms with E-state index in [-0.39, 0.29) is 29.2 Å². The first kappa shape index (κ1) is 23.8. The van der Waals surface area contributed by atoms with Gasteiger partial charge in [-0.2, -0.15) is 9.97 Å². The van der Waals surface area contributed by atoms with E-state index in [1.807, 2.05) is 62.5 Å². The van der Waals surface area contributed by atoms with Crippen LogP contribution in [0.2, 0.25) is 0 Å². The number of rotatable bonds is 7. The topological polar surface area (TPSA) is 130 Å². The number of aromatic nitrogens is 2. The fourth-order valence-corrected chi connectivity index (χ4v) is 3.90. The molecule has 1 aliphatic rings. The van der Waals surface area contributed by atoms with Crippen molar-refractivity contribution in [2.45, 2.75) is 6.92 Å². The van der Waals surface area contributed by atoms with Crippen LogP contribution >= 0.6 is 0 Å². The van der Waals surface area contributed by atoms with E-state index < -0.39 is 0 Å². The van der Waals surface area contributed by atoms with Crippen LogP contribution in [-0.2, 0) is 0 Å². The average Bonchev–Trinajstić information content (AvgIpc) is 3.31. The van der Waals surface area contributed by atoms with Gasteiger partial charge in [-0.3, -0.25) is 10.4 Å². The SMILES string of the molecule is Cc1ccc(-c2cc(Oc3cc(C(=N)N)ccc3O)nc(Oc3cccc(C4=NCCN4C)c3)n2)cc1. The van der Waals surface area contributed by atoms with Crippen LogP contribution in [-0.4, -0.2) is 51.8 Å². The van der Waals surface area contributed by atoms with Gasteiger partial charge in [0.15, 0.2) is 11.5 Å². The van der Waals surface area contributed by atoms with Crippen LogP contribution in [0.4, 0.5) is 0 Å². The predicted octanol–water partition coefficient (Wildman–Crippen LogP) is 4.72. The number of nitrogens with two attached hydrogens (primary N) is 1. The first-order valence-corrected chi connectivity index (χ1v) is 11.7. The summed E-state index contributed by atoms with van der Waals surface area (Å²) in [7, 11) is 2.01. The van der Waals surface area contributed by atoms with Crippen LogP contribution in [0.1, 0.15) is 16.7 Å². The molecule has 1 aromatic heterocycles. The number of likely N-dealkylation sites (N-methyl/N-ethyl adjacent to an activating group) is 1. The number of hydrogen-bond donors (Lipinski definition) is 3. The second-order valence-corrected chi connectivity index (χ2v) is 8.70. The molecule has 1 aliphatic heterocycles. The Morgan fingerprint density at radius 1 is 0.973 bits per heavy atom. The Labute approximate surface area is 214 Å². The second kappa shape index (κ2) is 9.98. The van der Waals surface area contributed by atoms with Gasteiger partial charge in [-0.05, 0) is 37.3 Å². The number of nitrogens with zero attached hydrogens (tertiary/aromatic N) is 4. The first-order valence-electron chi connectivity index (χ1n) is 11.7. The molecular weight excluding hydrogens is 468 g/mol. The summed E-state index contributed by atoms with van der Waals surface area (Å²) in [4.78, 5) is 15.7. The van der Waals surface area contributed by atoms with E-state index in [9.17, 15) is 5.11 Å². The molecule has 0 atom stereocenters. The number of benzene rings is 3. The van der Waals surface area contributed by atoms with Gasteiger partial charge in [0.1, 0.15) is 17.4 Å². The van der Waals surface area contributed by atoms with Crippen molar-refractivity contribution < 1.29 is 14.6 Å². The third-order valence-corrected chi connectivity index (χ3v) is 5.87. The molecule has 0 radical (unpaired) electrons. The van der Waals surface area contributed by atoms with E-state index in [1.54, 1.807) is 6.07 Å². The third kappa shape index (κ3) is 5.35. The normalized spacial score (nSPS) is 12.8. The van der Waals surface area contributed by atoms with Crippen molar-refractivity contribution in [3.05, 3.63) is 89.5 Å². The van der Waals surface area contributed by atoms with Crippen LogP contribution in [0, 0.1) is 12.3 Å². The number of hydrogen-bond acceptors (Lipinski definition) is 8. The van der Waals surface area contributed by atoms with E-state index in [0.717, 1.165) is 35.6 Å². The molecule has 9 heteroatoms. The highest BCUT2D eigenvalue weighted by Gasteiger charge is 2.17. The molecule has 0 saturated carbocycles. The predicted molar refractivity (Wildman–Crippen MR) is 142 cm³/mol. The molecule has 3 aromatic carbocycles. The maximum Gasteiger partial charge on any atom is 0.325 e. The molecule has 0 saturated heterocycles. The quantitative estimate of drug-likeness (QED) is 0.250. The average molecular weight is 495 g/mol. The number of ether oxygens (including phenoxy) is 2. The zero-order valence-electron chi connectivity index (χ0n) is 20.5. The molecule has 5 rings (SSSR count). The lowest BCUT2D eigenvalue weighted by atomic mass is 10.1. The number of nitrogen functional groups attached to an aromatic ring is 1. The minimum absolute atomic E-state index is 0.0779. The molecule has 0 bridgehead atoms. The molecular formula is C28H26N6O3. The molecule has 0 fully saturated rings. The Morgan fingerprint density at radius 3 is 2.51 bits per heavy atom. The van der Waals surface area contributed by atoms with Gasteiger partial charge in [-0.15, -0.1) is 0 Å². The van der Waals surface area contributed by atoms with Crippen LogP contribution < -0.4 is 15.2 Å². The summed E-state index contributed by atoms with van der Waals surface area (Å²) in [6, 6.07) is 21.7. The maximum absolute atomic E-state index is 10.3. The number of aryl methyl sites for hydroxylation is 1. The van der Waals surface area contributed by atoms with Crippen molar-refractivity contribution in [2.24, 2.45) is 10.7 Å². The number of phenols is 1. The summed E-state index contributed by atoms with van der Waals surface area (Å²) in [5.41, 5.74) is 9.50. The zero-order valence-corrected chi connectivity index (χ0v) is 20.5. The first-order chi connectivity index (χ1) is 17.9. The van der Waals surface area contributed by atoms with Crippen LogP contribution in [0.15, 0.2) is 77.8 Å². The highest BCUT2D eigenvalue weighted by Crippen LogP contribution is 2.34. The van der Waals surface area contributed by atoms with E-state index in [2.05, 4.69) is 19.9 Å². The summed E-state index contributed by atoms with van der Waals surface area (Å²) >= 11 is 0. The number of nitrogens with one attached hydrogen (secondary N) is 1. The Morgan fingerprint density at radius 2 is 1.78 bits per heavy atom. The summed E-state index contributed by atoms with van der Waals surface area (Å²) in [6.07, 6.45) is 0. The fraction of sp³-hybridized carbons (Fsp3) is 0.143. The maximum atomic E-state index is 10.3. The molecule has 2 heterocycles. The highest BCUT2D eigenvalue weighted by molar-refractivity contribution is 6.00. The van der Waals surface area contributed by atoms with Gasteiger partial charge in [0.25, 0.3) is 0 Å². The van der Waals surface area contributed by atoms with E-state index in [1.165, 1.54) is 18.2 Å². The van der Waals surface area contributed by atoms with E-state index in [4.69, 9.17) is 20.6 Å². The van der Waals surface area contributed by atoms with Crippen molar-refractivity contribution in [2.75, 3.05) is 20.1 Å². The van der Waals surface area contributed by atoms with Gasteiger partial charge >= 0.3 is 6.01 Å². The standard InChI is InChI=1S/C28H26N6O3/c1-17-6-8-18(9-7-17)22-16-25(37-24-15-19(26(29)30)10-11-23(24)35)33-28(32-22)36-21-5-3-4-20(14-21)27-31-12-13-34(27)2/h3-11,14-16,35H,12-13H2,1-2H3,(H3,29,30). The van der Waals surface area contributed by atoms with Crippen molar-refractivity contribution in [1.82, 2.24) is 14.9 Å². The smallest absolute Gasteiger partial charge is 0.325 e. The Hall–Kier alpha value is -4.92. The monoisotopic (exact) mass is 494 g/mol. The summed E-state index contributed by atoms with van der Waals surface area (Å²) in [5.74, 6) is 1.47. The van der Waals surface area contributed by atoms with Crippen LogP contribution in [0.25, 0.3) is 11.3 Å². The molecule has 37 heavy (non-hydrogen) atoms. The lowest BCUT2D eigenvalue weighted by Gasteiger charge is -2.15. The van der Waals surface area contributed by atoms with Gasteiger partial charge in [0, 0.05) is 36.3 Å². The van der Waals surface area contributed by atoms with E-state index >= 15 is 0 Å². The van der Waals surface area contributed by atoms with Crippen molar-refractivity contribution in [1.29, 1.82) is 5.41 Å². The van der Waals surface area contributed by atoms with Crippen LogP contribution in [0.5, 0.6) is 29.1 Å². The number of aromatic hydroxyl groups is 1. The van der Waals surface area contributed by atoms with Crippen molar-refractivity contribution in [3.63, 3.8) is 0 Å². The summed E-state index contributed by atoms with van der Waals surface area (Å²) in [6.45, 7) is 3.65. The van der Waals surface area contributed by atoms with Gasteiger partial charge < -0.3 is 25.2 Å². The molecule has 0 unspecified atom stereocenters. The Bertz CT molecular complexity index is 1500. The summed E-state index contributed by atoms with van der Waals surface area (Å²) in [5, 5.41) is 18.0. The number of aliphatic imine (C=N–C) groups is 1. The van der Waals surface area contributed by atoms with Crippen molar-refractivity contribution >= 4 is 11.7 Å². The molecule has 9 nitrogen and oxygen atoms in total. The molecule has 4 aromatic rings. The molecule has 0 spiro atoms. The molecule has 0 amide bonds. The van der Waals surface area contributed by atoms with Crippen LogP contribution in [0.3, 0.4) is 0 Å². The third-order valence-electron chi connectivity index (χ3n) is 5.87. The lowest BCUT2D eigenvalue weighted by Crippen LogP contribution is -2.23. The fourth-order valence-electron chi connectivity index (χ4n) is 3.90. The lowest BCUT2D eigenvalue weighted by molar-refractivity contribution is 0.387. The van der Waals surface area contributed by atoms with Gasteiger partial charge in [-0.25, -0.2) is 0 Å². The largest absolute Gasteiger partial charge is 0.504 e. The zero-order chi connectivity index (χ0) is 25.9. The number of phenolic OH excluding ortho intramolecular Hbond substituents is 1. The van der Waals surface area contributed by atoms with Gasteiger partial charge in [-0.1, -0.05) is 42.0 Å². The minimum atomic E-state index is -0.144. The van der Waals surface area contributed by atoms with Gasteiger partial charge in [0.2, 0.25) is 5.88 Å². The molecule has 4 N–H and O–H groups in total. The molecule has 0 aliphatic carbocycles. The van der Waals surface area contributed by atoms with Gasteiger partial charge in [0.05, 0.1) is 12.2 Å². The molecule has 186 valence electrons. The summed E-state index contributed by atoms with van der Waals surface area (Å²) < 4.78 is 12.0. The highest BCUT2D eigenvalue weighted by atomic mass is 16.5. The number of amidine groups is 2.